The van der Waals surface area contributed by atoms with Gasteiger partial charge in [-0.1, -0.05) is 12.8 Å². The second kappa shape index (κ2) is 31.9. The van der Waals surface area contributed by atoms with Crippen molar-refractivity contribution in [1.82, 2.24) is 10.6 Å². The molecule has 2 rings (SSSR count). The third-order valence-electron chi connectivity index (χ3n) is 8.96. The van der Waals surface area contributed by atoms with Crippen molar-refractivity contribution in [3.63, 3.8) is 0 Å². The van der Waals surface area contributed by atoms with Gasteiger partial charge in [0.05, 0.1) is 56.8 Å². The van der Waals surface area contributed by atoms with Crippen molar-refractivity contribution in [2.45, 2.75) is 113 Å². The lowest BCUT2D eigenvalue weighted by Crippen LogP contribution is -2.60. The highest BCUT2D eigenvalue weighted by Crippen LogP contribution is 2.27. The maximum absolute atomic E-state index is 12.8. The predicted molar refractivity (Wildman–Crippen MR) is 283 cm³/mol. The van der Waals surface area contributed by atoms with Crippen molar-refractivity contribution in [2.24, 2.45) is 5.92 Å². The smallest absolute Gasteiger partial charge is 0.297 e. The van der Waals surface area contributed by atoms with Crippen LogP contribution in [0, 0.1) is 148 Å². The largest absolute Gasteiger partial charge is 0.394 e. The van der Waals surface area contributed by atoms with E-state index in [-0.39, 0.29) is 47.1 Å². The van der Waals surface area contributed by atoms with Crippen LogP contribution in [0.2, 0.25) is 0 Å². The lowest BCUT2D eigenvalue weighted by molar-refractivity contribution is -0.302. The number of nitrogens with one attached hydrogen (secondary N) is 2. The molecule has 11 N–H and O–H groups in total. The SMILES string of the molecule is CC#CC#CC#CC#CC#CC#CC#CC#CC#CC#CC#CC#CC(=O)N[C@@H](CO[C@H]1OC(CO)[C@H](O)[C@H](O)C1O)[C@H](O)CC[C@@H](O)[C@H](CO[C@H]1OC(CO)[C@H](O)[C@H](C)C1O)NC(C)=O.[HH].[HH].[HH].[HH].[HH].[HH].[HH].[HH].[HH].[HH].[HH].[HH].[HH].[HH].[HH].[HH].[HH].[HH].[HH].[HH].[HH].[HH].[HH].[HH]. The van der Waals surface area contributed by atoms with Crippen molar-refractivity contribution >= 4 is 11.8 Å². The molecule has 66 heavy (non-hydrogen) atoms. The zero-order chi connectivity index (χ0) is 48.7. The average molecular weight is 951 g/mol. The Labute approximate surface area is 419 Å². The number of rotatable bonds is 15. The number of hydrogen-bond donors (Lipinski definition) is 11. The van der Waals surface area contributed by atoms with Crippen LogP contribution in [0.15, 0.2) is 0 Å². The third-order valence-corrected chi connectivity index (χ3v) is 8.96. The minimum absolute atomic E-state index is 0. The first-order valence-electron chi connectivity index (χ1n) is 19.8. The van der Waals surface area contributed by atoms with Crippen molar-refractivity contribution in [2.75, 3.05) is 26.4 Å². The molecule has 17 heteroatoms. The Morgan fingerprint density at radius 3 is 1.30 bits per heavy atom. The van der Waals surface area contributed by atoms with Gasteiger partial charge in [0.1, 0.15) is 36.6 Å². The number of ether oxygens (including phenoxy) is 4. The molecule has 0 aromatic carbocycles. The minimum atomic E-state index is -1.80. The standard InChI is InChI=1S/C49H46N2O15.24H2/c1-4-5-6-7-8-9-10-11-12-13-14-15-16-17-18-19-20-21-22-23-24-25-26-27-42(57)51-37(33-64-49-47(62)46(61)45(60)41(31-53)66-49)39(56)29-28-38(55)36(50-35(3)54)32-63-48-44(59)34(2)43(58)40(30-52)65-48;;;;;;;;;;;;;;;;;;;;;;;;/h34,36-41,43-49,52-53,55-56,58-62H,28-33H2,1-3H3,(H,50,54)(H,51,57);24*1H/t34-,36-,37-,38+,39+,40?,41?,43+,44?,45-,46-,47?,48-,49-;;;;;;;;;;;;;;;;;;;;;;;;/m0......................../s1. The Hall–Kier alpha value is -6.86. The van der Waals surface area contributed by atoms with Gasteiger partial charge in [-0.15, -0.1) is 0 Å². The second-order valence-electron chi connectivity index (χ2n) is 13.7. The molecule has 0 bridgehead atoms. The van der Waals surface area contributed by atoms with Gasteiger partial charge in [0.25, 0.3) is 5.91 Å². The van der Waals surface area contributed by atoms with E-state index in [1.54, 1.807) is 6.92 Å². The number of carbonyl (C=O) groups is 2. The van der Waals surface area contributed by atoms with Gasteiger partial charge in [-0.25, -0.2) is 0 Å². The number of aliphatic hydroxyl groups is 9. The summed E-state index contributed by atoms with van der Waals surface area (Å²) in [4.78, 5) is 24.8. The van der Waals surface area contributed by atoms with Crippen molar-refractivity contribution in [3.8, 4) is 142 Å². The van der Waals surface area contributed by atoms with E-state index in [9.17, 15) is 55.5 Å². The maximum Gasteiger partial charge on any atom is 0.297 e. The van der Waals surface area contributed by atoms with E-state index in [1.165, 1.54) is 13.8 Å². The molecule has 2 amide bonds. The molecule has 390 valence electrons. The molecule has 0 aromatic rings. The van der Waals surface area contributed by atoms with Crippen LogP contribution in [-0.2, 0) is 28.5 Å². The zero-order valence-corrected chi connectivity index (χ0v) is 35.8. The van der Waals surface area contributed by atoms with Crippen molar-refractivity contribution in [3.05, 3.63) is 0 Å². The van der Waals surface area contributed by atoms with E-state index >= 15 is 0 Å². The molecule has 2 heterocycles. The normalized spacial score (nSPS) is 24.7. The molecule has 0 saturated carbocycles. The van der Waals surface area contributed by atoms with Gasteiger partial charge in [0.15, 0.2) is 12.6 Å². The Bertz CT molecular complexity index is 2550. The monoisotopic (exact) mass is 951 g/mol. The highest BCUT2D eigenvalue weighted by molar-refractivity contribution is 5.94. The molecule has 17 nitrogen and oxygen atoms in total. The summed E-state index contributed by atoms with van der Waals surface area (Å²) in [6, 6.07) is -2.44. The number of amides is 2. The van der Waals surface area contributed by atoms with Gasteiger partial charge < -0.3 is 75.5 Å². The lowest BCUT2D eigenvalue weighted by Gasteiger charge is -2.41. The molecular formula is C49H94N2O15. The van der Waals surface area contributed by atoms with E-state index in [1.807, 2.05) is 0 Å². The first kappa shape index (κ1) is 55.3. The van der Waals surface area contributed by atoms with Gasteiger partial charge in [0.2, 0.25) is 5.91 Å². The van der Waals surface area contributed by atoms with Crippen LogP contribution in [0.5, 0.6) is 0 Å². The van der Waals surface area contributed by atoms with Gasteiger partial charge in [-0.05, 0) is 114 Å². The fraction of sp³-hybridized carbons (Fsp3) is 0.469. The highest BCUT2D eigenvalue weighted by Gasteiger charge is 2.45. The average Bonchev–Trinajstić information content (AvgIpc) is 3.30. The molecule has 2 aliphatic rings. The van der Waals surface area contributed by atoms with E-state index in [0.29, 0.717) is 0 Å². The first-order chi connectivity index (χ1) is 31.7. The summed E-state index contributed by atoms with van der Waals surface area (Å²) in [6.45, 7) is 2.06. The molecule has 4 unspecified atom stereocenters. The topological polar surface area (TPSA) is 277 Å². The summed E-state index contributed by atoms with van der Waals surface area (Å²) >= 11 is 0. The summed E-state index contributed by atoms with van der Waals surface area (Å²) in [5.74, 6) is 56.3. The summed E-state index contributed by atoms with van der Waals surface area (Å²) in [7, 11) is 0. The fourth-order valence-electron chi connectivity index (χ4n) is 5.50. The number of hydrogen-bond acceptors (Lipinski definition) is 15. The molecule has 0 aliphatic carbocycles. The zero-order valence-electron chi connectivity index (χ0n) is 35.8. The van der Waals surface area contributed by atoms with Crippen LogP contribution in [-0.4, -0.2) is 164 Å². The third kappa shape index (κ3) is 20.8. The van der Waals surface area contributed by atoms with Crippen LogP contribution in [0.1, 0.15) is 67.9 Å². The van der Waals surface area contributed by atoms with Gasteiger partial charge in [-0.2, -0.15) is 0 Å². The second-order valence-corrected chi connectivity index (χ2v) is 13.7. The molecule has 2 fully saturated rings. The van der Waals surface area contributed by atoms with Gasteiger partial charge in [0, 0.05) is 88.5 Å². The Kier molecular flexibility index (Phi) is 26.7. The van der Waals surface area contributed by atoms with Crippen LogP contribution in [0.4, 0.5) is 0 Å². The van der Waals surface area contributed by atoms with E-state index in [0.717, 1.165) is 0 Å². The van der Waals surface area contributed by atoms with Crippen molar-refractivity contribution < 1.29 is 109 Å². The van der Waals surface area contributed by atoms with E-state index in [4.69, 9.17) is 18.9 Å². The van der Waals surface area contributed by atoms with Crippen LogP contribution < -0.4 is 10.6 Å². The summed E-state index contributed by atoms with van der Waals surface area (Å²) in [6.07, 6.45) is -16.5. The van der Waals surface area contributed by atoms with Gasteiger partial charge >= 0.3 is 0 Å². The summed E-state index contributed by atoms with van der Waals surface area (Å²) in [5, 5.41) is 97.7. The number of aliphatic hydroxyl groups excluding tert-OH is 9. The molecule has 0 aromatic heterocycles. The molecule has 14 atom stereocenters. The Morgan fingerprint density at radius 2 is 0.909 bits per heavy atom. The molecule has 2 aliphatic heterocycles. The number of carbonyl (C=O) groups excluding carboxylic acids is 2. The lowest BCUT2D eigenvalue weighted by atomic mass is 9.91. The summed E-state index contributed by atoms with van der Waals surface area (Å²) < 4.78 is 22.0. The van der Waals surface area contributed by atoms with E-state index in [2.05, 4.69) is 153 Å². The van der Waals surface area contributed by atoms with Crippen LogP contribution >= 0.6 is 0 Å². The maximum atomic E-state index is 12.8. The van der Waals surface area contributed by atoms with Crippen LogP contribution in [0.3, 0.4) is 0 Å². The van der Waals surface area contributed by atoms with E-state index < -0.39 is 124 Å². The molecule has 0 spiro atoms. The predicted octanol–water partition coefficient (Wildman–Crippen LogP) is 0.351. The molecule has 2 saturated heterocycles. The van der Waals surface area contributed by atoms with Crippen LogP contribution in [0.25, 0.3) is 0 Å². The first-order valence-corrected chi connectivity index (χ1v) is 19.8. The summed E-state index contributed by atoms with van der Waals surface area (Å²) in [5.41, 5.74) is 0. The highest BCUT2D eigenvalue weighted by atomic mass is 16.7. The van der Waals surface area contributed by atoms with Crippen molar-refractivity contribution in [1.29, 1.82) is 0 Å². The molecular weight excluding hydrogens is 857 g/mol. The fourth-order valence-corrected chi connectivity index (χ4v) is 5.50. The minimum Gasteiger partial charge on any atom is -0.394 e. The quantitative estimate of drug-likeness (QED) is 0.0989. The Balaban J connectivity index is -0.0000000891. The van der Waals surface area contributed by atoms with Gasteiger partial charge in [-0.3, -0.25) is 9.59 Å². The Morgan fingerprint density at radius 1 is 0.545 bits per heavy atom. The molecule has 0 radical (unpaired) electrons.